The third kappa shape index (κ3) is 2.88. The van der Waals surface area contributed by atoms with Crippen molar-refractivity contribution in [3.63, 3.8) is 0 Å². The SMILES string of the molecule is Cc1c(CNCCOC(N)=O)n(C)c2ccccc12. The van der Waals surface area contributed by atoms with Crippen LogP contribution in [0.1, 0.15) is 11.3 Å². The fraction of sp³-hybridized carbons (Fsp3) is 0.357. The van der Waals surface area contributed by atoms with Crippen molar-refractivity contribution in [2.45, 2.75) is 13.5 Å². The third-order valence-electron chi connectivity index (χ3n) is 3.32. The van der Waals surface area contributed by atoms with E-state index in [1.165, 1.54) is 22.2 Å². The molecule has 0 aliphatic rings. The van der Waals surface area contributed by atoms with Gasteiger partial charge in [0.25, 0.3) is 0 Å². The van der Waals surface area contributed by atoms with Gasteiger partial charge in [-0.05, 0) is 18.6 Å². The highest BCUT2D eigenvalue weighted by molar-refractivity contribution is 5.85. The van der Waals surface area contributed by atoms with E-state index in [1.54, 1.807) is 0 Å². The summed E-state index contributed by atoms with van der Waals surface area (Å²) in [5, 5.41) is 4.52. The number of rotatable bonds is 5. The number of fused-ring (bicyclic) bond motifs is 1. The first-order chi connectivity index (χ1) is 9.11. The predicted molar refractivity (Wildman–Crippen MR) is 74.9 cm³/mol. The van der Waals surface area contributed by atoms with Crippen LogP contribution in [0, 0.1) is 6.92 Å². The molecule has 3 N–H and O–H groups in total. The molecule has 0 saturated carbocycles. The van der Waals surface area contributed by atoms with Crippen LogP contribution in [-0.2, 0) is 18.3 Å². The van der Waals surface area contributed by atoms with Crippen molar-refractivity contribution in [1.82, 2.24) is 9.88 Å². The Morgan fingerprint density at radius 3 is 2.84 bits per heavy atom. The molecular formula is C14H19N3O2. The Morgan fingerprint density at radius 2 is 2.16 bits per heavy atom. The zero-order valence-corrected chi connectivity index (χ0v) is 11.3. The summed E-state index contributed by atoms with van der Waals surface area (Å²) in [5.74, 6) is 0. The number of aryl methyl sites for hydroxylation is 2. The average molecular weight is 261 g/mol. The topological polar surface area (TPSA) is 69.3 Å². The number of ether oxygens (including phenoxy) is 1. The lowest BCUT2D eigenvalue weighted by atomic mass is 10.1. The van der Waals surface area contributed by atoms with Crippen molar-refractivity contribution in [2.24, 2.45) is 12.8 Å². The van der Waals surface area contributed by atoms with Crippen LogP contribution in [0.5, 0.6) is 0 Å². The van der Waals surface area contributed by atoms with Crippen molar-refractivity contribution >= 4 is 17.0 Å². The van der Waals surface area contributed by atoms with E-state index >= 15 is 0 Å². The van der Waals surface area contributed by atoms with Gasteiger partial charge < -0.3 is 20.4 Å². The smallest absolute Gasteiger partial charge is 0.404 e. The predicted octanol–water partition coefficient (Wildman–Crippen LogP) is 1.67. The maximum atomic E-state index is 10.4. The Balaban J connectivity index is 2.03. The van der Waals surface area contributed by atoms with Gasteiger partial charge in [0.2, 0.25) is 0 Å². The van der Waals surface area contributed by atoms with E-state index in [9.17, 15) is 4.79 Å². The molecular weight excluding hydrogens is 242 g/mol. The molecule has 1 heterocycles. The molecule has 102 valence electrons. The molecule has 2 rings (SSSR count). The number of amides is 1. The molecule has 0 bridgehead atoms. The van der Waals surface area contributed by atoms with Gasteiger partial charge in [-0.2, -0.15) is 0 Å². The molecule has 5 nitrogen and oxygen atoms in total. The molecule has 0 radical (unpaired) electrons. The van der Waals surface area contributed by atoms with E-state index in [0.29, 0.717) is 13.2 Å². The van der Waals surface area contributed by atoms with Gasteiger partial charge in [0.15, 0.2) is 0 Å². The number of benzene rings is 1. The summed E-state index contributed by atoms with van der Waals surface area (Å²) in [7, 11) is 2.06. The lowest BCUT2D eigenvalue weighted by molar-refractivity contribution is 0.157. The van der Waals surface area contributed by atoms with Gasteiger partial charge in [-0.25, -0.2) is 4.79 Å². The van der Waals surface area contributed by atoms with Gasteiger partial charge in [0.1, 0.15) is 6.61 Å². The molecule has 1 aromatic heterocycles. The summed E-state index contributed by atoms with van der Waals surface area (Å²) in [5.41, 5.74) is 8.63. The largest absolute Gasteiger partial charge is 0.448 e. The van der Waals surface area contributed by atoms with Crippen LogP contribution in [0.15, 0.2) is 24.3 Å². The zero-order valence-electron chi connectivity index (χ0n) is 11.3. The quantitative estimate of drug-likeness (QED) is 0.804. The Bertz CT molecular complexity index is 551. The highest BCUT2D eigenvalue weighted by Crippen LogP contribution is 2.23. The maximum absolute atomic E-state index is 10.4. The molecule has 0 unspecified atom stereocenters. The third-order valence-corrected chi connectivity index (χ3v) is 3.32. The number of nitrogens with two attached hydrogens (primary N) is 1. The van der Waals surface area contributed by atoms with Crippen LogP contribution in [0.4, 0.5) is 4.79 Å². The second-order valence-corrected chi connectivity index (χ2v) is 4.49. The lowest BCUT2D eigenvalue weighted by Crippen LogP contribution is -2.24. The molecule has 0 aliphatic carbocycles. The first kappa shape index (κ1) is 13.4. The van der Waals surface area contributed by atoms with Crippen molar-refractivity contribution in [1.29, 1.82) is 0 Å². The second kappa shape index (κ2) is 5.75. The number of hydrogen-bond donors (Lipinski definition) is 2. The van der Waals surface area contributed by atoms with Gasteiger partial charge in [-0.15, -0.1) is 0 Å². The number of hydrogen-bond acceptors (Lipinski definition) is 3. The van der Waals surface area contributed by atoms with Gasteiger partial charge in [0.05, 0.1) is 0 Å². The minimum atomic E-state index is -0.734. The molecule has 1 amide bonds. The number of primary amides is 1. The second-order valence-electron chi connectivity index (χ2n) is 4.49. The summed E-state index contributed by atoms with van der Waals surface area (Å²) in [6.07, 6.45) is -0.734. The molecule has 0 fully saturated rings. The minimum Gasteiger partial charge on any atom is -0.448 e. The average Bonchev–Trinajstić information content (AvgIpc) is 2.63. The first-order valence-electron chi connectivity index (χ1n) is 6.27. The van der Waals surface area contributed by atoms with E-state index in [-0.39, 0.29) is 0 Å². The lowest BCUT2D eigenvalue weighted by Gasteiger charge is -2.08. The number of para-hydroxylation sites is 1. The van der Waals surface area contributed by atoms with Crippen LogP contribution in [0.25, 0.3) is 10.9 Å². The molecule has 1 aromatic carbocycles. The fourth-order valence-electron chi connectivity index (χ4n) is 2.32. The van der Waals surface area contributed by atoms with E-state index in [1.807, 2.05) is 12.1 Å². The molecule has 0 aliphatic heterocycles. The van der Waals surface area contributed by atoms with Gasteiger partial charge in [-0.1, -0.05) is 18.2 Å². The molecule has 2 aromatic rings. The number of nitrogens with one attached hydrogen (secondary N) is 1. The number of carbonyl (C=O) groups excluding carboxylic acids is 1. The summed E-state index contributed by atoms with van der Waals surface area (Å²) < 4.78 is 6.86. The van der Waals surface area contributed by atoms with E-state index in [0.717, 1.165) is 6.54 Å². The number of carbonyl (C=O) groups is 1. The number of aromatic nitrogens is 1. The zero-order chi connectivity index (χ0) is 13.8. The van der Waals surface area contributed by atoms with E-state index in [4.69, 9.17) is 5.73 Å². The van der Waals surface area contributed by atoms with Crippen molar-refractivity contribution in [3.8, 4) is 0 Å². The fourth-order valence-corrected chi connectivity index (χ4v) is 2.32. The van der Waals surface area contributed by atoms with Crippen molar-refractivity contribution < 1.29 is 9.53 Å². The van der Waals surface area contributed by atoms with Crippen LogP contribution in [0.3, 0.4) is 0 Å². The van der Waals surface area contributed by atoms with Crippen molar-refractivity contribution in [2.75, 3.05) is 13.2 Å². The van der Waals surface area contributed by atoms with Gasteiger partial charge in [-0.3, -0.25) is 0 Å². The summed E-state index contributed by atoms with van der Waals surface area (Å²) >= 11 is 0. The summed E-state index contributed by atoms with van der Waals surface area (Å²) in [6, 6.07) is 8.33. The Hall–Kier alpha value is -2.01. The molecule has 5 heteroatoms. The summed E-state index contributed by atoms with van der Waals surface area (Å²) in [4.78, 5) is 10.4. The highest BCUT2D eigenvalue weighted by atomic mass is 16.5. The molecule has 0 saturated heterocycles. The van der Waals surface area contributed by atoms with Crippen molar-refractivity contribution in [3.05, 3.63) is 35.5 Å². The van der Waals surface area contributed by atoms with E-state index < -0.39 is 6.09 Å². The van der Waals surface area contributed by atoms with Gasteiger partial charge in [0, 0.05) is 36.7 Å². The summed E-state index contributed by atoms with van der Waals surface area (Å²) in [6.45, 7) is 3.74. The monoisotopic (exact) mass is 261 g/mol. The standard InChI is InChI=1S/C14H19N3O2/c1-10-11-5-3-4-6-12(11)17(2)13(10)9-16-7-8-19-14(15)18/h3-6,16H,7-9H2,1-2H3,(H2,15,18). The number of nitrogens with zero attached hydrogens (tertiary/aromatic N) is 1. The maximum Gasteiger partial charge on any atom is 0.404 e. The molecule has 19 heavy (non-hydrogen) atoms. The Kier molecular flexibility index (Phi) is 4.06. The highest BCUT2D eigenvalue weighted by Gasteiger charge is 2.10. The minimum absolute atomic E-state index is 0.290. The Labute approximate surface area is 112 Å². The van der Waals surface area contributed by atoms with Crippen LogP contribution in [-0.4, -0.2) is 23.8 Å². The molecule has 0 atom stereocenters. The Morgan fingerprint density at radius 1 is 1.42 bits per heavy atom. The first-order valence-corrected chi connectivity index (χ1v) is 6.27. The van der Waals surface area contributed by atoms with E-state index in [2.05, 4.69) is 40.7 Å². The molecule has 0 spiro atoms. The van der Waals surface area contributed by atoms with Gasteiger partial charge >= 0.3 is 6.09 Å². The van der Waals surface area contributed by atoms with Crippen LogP contribution >= 0.6 is 0 Å². The van der Waals surface area contributed by atoms with Crippen LogP contribution < -0.4 is 11.1 Å². The van der Waals surface area contributed by atoms with Crippen LogP contribution in [0.2, 0.25) is 0 Å². The normalized spacial score (nSPS) is 10.8.